The standard InChI is InChI=1S/C18H30N2O/c1-4-13-21-18-10-8-16(9-11-18)15(3)20(5-2)14-17-7-6-12-19-17/h8-11,15,17,19H,4-7,12-14H2,1-3H3. The largest absolute Gasteiger partial charge is 0.494 e. The number of nitrogens with zero attached hydrogens (tertiary/aromatic N) is 1. The molecule has 1 aromatic rings. The highest BCUT2D eigenvalue weighted by molar-refractivity contribution is 5.29. The summed E-state index contributed by atoms with van der Waals surface area (Å²) in [7, 11) is 0. The van der Waals surface area contributed by atoms with E-state index in [1.165, 1.54) is 24.9 Å². The monoisotopic (exact) mass is 290 g/mol. The van der Waals surface area contributed by atoms with Crippen LogP contribution in [0.4, 0.5) is 0 Å². The highest BCUT2D eigenvalue weighted by Crippen LogP contribution is 2.23. The smallest absolute Gasteiger partial charge is 0.119 e. The molecule has 118 valence electrons. The summed E-state index contributed by atoms with van der Waals surface area (Å²) >= 11 is 0. The molecule has 0 spiro atoms. The predicted octanol–water partition coefficient (Wildman–Crippen LogP) is 3.61. The molecule has 2 atom stereocenters. The van der Waals surface area contributed by atoms with Gasteiger partial charge in [-0.3, -0.25) is 4.90 Å². The molecule has 0 bridgehead atoms. The molecule has 2 rings (SSSR count). The molecule has 2 unspecified atom stereocenters. The third kappa shape index (κ3) is 4.72. The second-order valence-electron chi connectivity index (χ2n) is 5.97. The third-order valence-electron chi connectivity index (χ3n) is 4.41. The predicted molar refractivity (Wildman–Crippen MR) is 88.9 cm³/mol. The second kappa shape index (κ2) is 8.40. The number of likely N-dealkylation sites (N-methyl/N-ethyl adjacent to an activating group) is 1. The SMILES string of the molecule is CCCOc1ccc(C(C)N(CC)CC2CCCN2)cc1. The summed E-state index contributed by atoms with van der Waals surface area (Å²) in [6.45, 7) is 10.9. The van der Waals surface area contributed by atoms with E-state index in [0.29, 0.717) is 12.1 Å². The van der Waals surface area contributed by atoms with Crippen molar-refractivity contribution in [1.82, 2.24) is 10.2 Å². The van der Waals surface area contributed by atoms with Gasteiger partial charge in [0.15, 0.2) is 0 Å². The molecular weight excluding hydrogens is 260 g/mol. The maximum Gasteiger partial charge on any atom is 0.119 e. The zero-order chi connectivity index (χ0) is 15.1. The van der Waals surface area contributed by atoms with Crippen molar-refractivity contribution in [3.05, 3.63) is 29.8 Å². The molecule has 1 aromatic carbocycles. The first-order valence-electron chi connectivity index (χ1n) is 8.44. The van der Waals surface area contributed by atoms with Gasteiger partial charge in [0.1, 0.15) is 5.75 Å². The van der Waals surface area contributed by atoms with E-state index in [1.54, 1.807) is 0 Å². The van der Waals surface area contributed by atoms with Crippen molar-refractivity contribution in [1.29, 1.82) is 0 Å². The number of hydrogen-bond donors (Lipinski definition) is 1. The van der Waals surface area contributed by atoms with Gasteiger partial charge in [0, 0.05) is 18.6 Å². The lowest BCUT2D eigenvalue weighted by atomic mass is 10.1. The Morgan fingerprint density at radius 2 is 2.05 bits per heavy atom. The van der Waals surface area contributed by atoms with E-state index in [9.17, 15) is 0 Å². The Labute approximate surface area is 129 Å². The van der Waals surface area contributed by atoms with Gasteiger partial charge in [-0.1, -0.05) is 26.0 Å². The van der Waals surface area contributed by atoms with Crippen LogP contribution in [-0.2, 0) is 0 Å². The molecule has 1 saturated heterocycles. The zero-order valence-corrected chi connectivity index (χ0v) is 13.8. The highest BCUT2D eigenvalue weighted by atomic mass is 16.5. The van der Waals surface area contributed by atoms with Gasteiger partial charge in [0.25, 0.3) is 0 Å². The van der Waals surface area contributed by atoms with E-state index in [0.717, 1.165) is 31.9 Å². The van der Waals surface area contributed by atoms with Gasteiger partial charge in [0.2, 0.25) is 0 Å². The molecule has 0 aromatic heterocycles. The van der Waals surface area contributed by atoms with Crippen LogP contribution in [0.1, 0.15) is 51.6 Å². The third-order valence-corrected chi connectivity index (χ3v) is 4.41. The highest BCUT2D eigenvalue weighted by Gasteiger charge is 2.21. The molecule has 1 N–H and O–H groups in total. The molecule has 3 heteroatoms. The normalized spacial score (nSPS) is 19.9. The molecule has 3 nitrogen and oxygen atoms in total. The van der Waals surface area contributed by atoms with Crippen molar-refractivity contribution < 1.29 is 4.74 Å². The minimum absolute atomic E-state index is 0.456. The van der Waals surface area contributed by atoms with Crippen molar-refractivity contribution in [2.45, 2.75) is 52.1 Å². The maximum absolute atomic E-state index is 5.66. The molecule has 0 saturated carbocycles. The molecule has 0 amide bonds. The van der Waals surface area contributed by atoms with Crippen LogP contribution in [0.5, 0.6) is 5.75 Å². The number of hydrogen-bond acceptors (Lipinski definition) is 3. The van der Waals surface area contributed by atoms with Crippen LogP contribution < -0.4 is 10.1 Å². The van der Waals surface area contributed by atoms with Gasteiger partial charge in [-0.25, -0.2) is 0 Å². The van der Waals surface area contributed by atoms with E-state index in [1.807, 2.05) is 0 Å². The quantitative estimate of drug-likeness (QED) is 0.791. The number of ether oxygens (including phenoxy) is 1. The van der Waals surface area contributed by atoms with E-state index < -0.39 is 0 Å². The van der Waals surface area contributed by atoms with E-state index >= 15 is 0 Å². The van der Waals surface area contributed by atoms with Crippen molar-refractivity contribution in [2.24, 2.45) is 0 Å². The Hall–Kier alpha value is -1.06. The van der Waals surface area contributed by atoms with Gasteiger partial charge in [-0.15, -0.1) is 0 Å². The fourth-order valence-corrected chi connectivity index (χ4v) is 3.03. The van der Waals surface area contributed by atoms with Gasteiger partial charge in [0.05, 0.1) is 6.61 Å². The fraction of sp³-hybridized carbons (Fsp3) is 0.667. The van der Waals surface area contributed by atoms with Gasteiger partial charge < -0.3 is 10.1 Å². The summed E-state index contributed by atoms with van der Waals surface area (Å²) < 4.78 is 5.66. The Morgan fingerprint density at radius 3 is 2.62 bits per heavy atom. The Bertz CT molecular complexity index is 398. The Morgan fingerprint density at radius 1 is 1.29 bits per heavy atom. The van der Waals surface area contributed by atoms with Crippen LogP contribution in [0, 0.1) is 0 Å². The van der Waals surface area contributed by atoms with E-state index in [2.05, 4.69) is 55.3 Å². The van der Waals surface area contributed by atoms with E-state index in [4.69, 9.17) is 4.74 Å². The van der Waals surface area contributed by atoms with Gasteiger partial charge in [-0.05, 0) is 57.0 Å². The van der Waals surface area contributed by atoms with Gasteiger partial charge in [-0.2, -0.15) is 0 Å². The average molecular weight is 290 g/mol. The minimum atomic E-state index is 0.456. The number of nitrogens with one attached hydrogen (secondary N) is 1. The lowest BCUT2D eigenvalue weighted by Crippen LogP contribution is -2.38. The minimum Gasteiger partial charge on any atom is -0.494 e. The van der Waals surface area contributed by atoms with Crippen LogP contribution in [0.3, 0.4) is 0 Å². The lowest BCUT2D eigenvalue weighted by Gasteiger charge is -2.30. The summed E-state index contributed by atoms with van der Waals surface area (Å²) in [4.78, 5) is 2.56. The van der Waals surface area contributed by atoms with Crippen LogP contribution in [0.15, 0.2) is 24.3 Å². The second-order valence-corrected chi connectivity index (χ2v) is 5.97. The molecular formula is C18H30N2O. The summed E-state index contributed by atoms with van der Waals surface area (Å²) in [6.07, 6.45) is 3.68. The summed E-state index contributed by atoms with van der Waals surface area (Å²) in [6, 6.07) is 9.74. The average Bonchev–Trinajstić information content (AvgIpc) is 3.03. The summed E-state index contributed by atoms with van der Waals surface area (Å²) in [5.41, 5.74) is 1.37. The molecule has 0 aliphatic carbocycles. The van der Waals surface area contributed by atoms with E-state index in [-0.39, 0.29) is 0 Å². The number of rotatable bonds is 8. The van der Waals surface area contributed by atoms with Crippen molar-refractivity contribution in [3.8, 4) is 5.75 Å². The van der Waals surface area contributed by atoms with Gasteiger partial charge >= 0.3 is 0 Å². The molecule has 21 heavy (non-hydrogen) atoms. The van der Waals surface area contributed by atoms with Crippen molar-refractivity contribution in [2.75, 3.05) is 26.2 Å². The summed E-state index contributed by atoms with van der Waals surface area (Å²) in [5.74, 6) is 0.980. The van der Waals surface area contributed by atoms with Crippen LogP contribution in [0.2, 0.25) is 0 Å². The maximum atomic E-state index is 5.66. The first kappa shape index (κ1) is 16.3. The van der Waals surface area contributed by atoms with Crippen molar-refractivity contribution in [3.63, 3.8) is 0 Å². The van der Waals surface area contributed by atoms with Crippen LogP contribution in [0.25, 0.3) is 0 Å². The fourth-order valence-electron chi connectivity index (χ4n) is 3.03. The Balaban J connectivity index is 1.94. The molecule has 1 aliphatic heterocycles. The molecule has 1 aliphatic rings. The van der Waals surface area contributed by atoms with Crippen LogP contribution >= 0.6 is 0 Å². The topological polar surface area (TPSA) is 24.5 Å². The lowest BCUT2D eigenvalue weighted by molar-refractivity contribution is 0.202. The zero-order valence-electron chi connectivity index (χ0n) is 13.8. The van der Waals surface area contributed by atoms with Crippen LogP contribution in [-0.4, -0.2) is 37.2 Å². The molecule has 1 heterocycles. The first-order chi connectivity index (χ1) is 10.2. The number of benzene rings is 1. The first-order valence-corrected chi connectivity index (χ1v) is 8.44. The van der Waals surface area contributed by atoms with Crippen molar-refractivity contribution >= 4 is 0 Å². The molecule has 0 radical (unpaired) electrons. The molecule has 1 fully saturated rings. The Kier molecular flexibility index (Phi) is 6.52. The summed E-state index contributed by atoms with van der Waals surface area (Å²) in [5, 5.41) is 3.60.